The summed E-state index contributed by atoms with van der Waals surface area (Å²) >= 11 is 0. The Morgan fingerprint density at radius 3 is 3.00 bits per heavy atom. The fraction of sp³-hybridized carbons (Fsp3) is 0.308. The van der Waals surface area contributed by atoms with Crippen molar-refractivity contribution in [3.63, 3.8) is 0 Å². The van der Waals surface area contributed by atoms with Gasteiger partial charge < -0.3 is 15.4 Å². The van der Waals surface area contributed by atoms with Gasteiger partial charge >= 0.3 is 0 Å². The van der Waals surface area contributed by atoms with Crippen LogP contribution in [0.15, 0.2) is 41.9 Å². The second kappa shape index (κ2) is 8.11. The molecule has 0 fully saturated rings. The molecule has 0 radical (unpaired) electrons. The number of nitrogens with zero attached hydrogens (tertiary/aromatic N) is 1. The molecule has 0 atom stereocenters. The average molecular weight is 251 g/mol. The van der Waals surface area contributed by atoms with Crippen molar-refractivity contribution in [1.29, 1.82) is 0 Å². The number of hydrogen-bond donors (Lipinski definition) is 2. The molecule has 5 heteroatoms. The van der Waals surface area contributed by atoms with Gasteiger partial charge in [0.1, 0.15) is 18.2 Å². The van der Waals surface area contributed by atoms with Crippen LogP contribution in [0.1, 0.15) is 0 Å². The van der Waals surface area contributed by atoms with E-state index in [0.717, 1.165) is 0 Å². The van der Waals surface area contributed by atoms with Gasteiger partial charge in [0.05, 0.1) is 6.54 Å². The second-order valence-electron chi connectivity index (χ2n) is 3.47. The maximum Gasteiger partial charge on any atom is 0.191 e. The molecule has 0 spiro atoms. The van der Waals surface area contributed by atoms with Crippen LogP contribution in [0.25, 0.3) is 0 Å². The van der Waals surface area contributed by atoms with E-state index < -0.39 is 0 Å². The molecule has 0 aromatic heterocycles. The maximum absolute atomic E-state index is 12.9. The highest BCUT2D eigenvalue weighted by Crippen LogP contribution is 2.11. The number of nitrogens with one attached hydrogen (secondary N) is 2. The first-order valence-corrected chi connectivity index (χ1v) is 5.70. The van der Waals surface area contributed by atoms with Gasteiger partial charge in [-0.05, 0) is 12.1 Å². The minimum Gasteiger partial charge on any atom is -0.492 e. The number of benzene rings is 1. The zero-order valence-corrected chi connectivity index (χ0v) is 10.4. The molecule has 1 aromatic rings. The van der Waals surface area contributed by atoms with Crippen LogP contribution in [0.2, 0.25) is 0 Å². The Balaban J connectivity index is 2.23. The van der Waals surface area contributed by atoms with Crippen molar-refractivity contribution in [3.8, 4) is 5.75 Å². The molecular formula is C13H18FN3O. The van der Waals surface area contributed by atoms with Crippen LogP contribution in [0.3, 0.4) is 0 Å². The van der Waals surface area contributed by atoms with Crippen LogP contribution in [-0.2, 0) is 0 Å². The topological polar surface area (TPSA) is 45.7 Å². The molecule has 0 bridgehead atoms. The molecule has 1 aromatic carbocycles. The van der Waals surface area contributed by atoms with Crippen LogP contribution in [0.5, 0.6) is 5.75 Å². The van der Waals surface area contributed by atoms with E-state index in [1.54, 1.807) is 25.3 Å². The van der Waals surface area contributed by atoms with Gasteiger partial charge in [-0.15, -0.1) is 6.58 Å². The lowest BCUT2D eigenvalue weighted by molar-refractivity contribution is 0.320. The molecule has 0 amide bonds. The third kappa shape index (κ3) is 5.34. The number of ether oxygens (including phenoxy) is 1. The molecule has 0 aliphatic carbocycles. The summed E-state index contributed by atoms with van der Waals surface area (Å²) in [6, 6.07) is 6.06. The van der Waals surface area contributed by atoms with Gasteiger partial charge in [-0.3, -0.25) is 4.99 Å². The fourth-order valence-electron chi connectivity index (χ4n) is 1.28. The van der Waals surface area contributed by atoms with Gasteiger partial charge in [0.2, 0.25) is 0 Å². The van der Waals surface area contributed by atoms with Gasteiger partial charge in [0.15, 0.2) is 5.96 Å². The molecule has 2 N–H and O–H groups in total. The van der Waals surface area contributed by atoms with Gasteiger partial charge in [0, 0.05) is 19.7 Å². The van der Waals surface area contributed by atoms with E-state index in [-0.39, 0.29) is 5.82 Å². The predicted octanol–water partition coefficient (Wildman–Crippen LogP) is 1.56. The summed E-state index contributed by atoms with van der Waals surface area (Å²) < 4.78 is 18.2. The fourth-order valence-corrected chi connectivity index (χ4v) is 1.28. The molecule has 4 nitrogen and oxygen atoms in total. The monoisotopic (exact) mass is 251 g/mol. The normalized spacial score (nSPS) is 10.9. The molecule has 1 rings (SSSR count). The van der Waals surface area contributed by atoms with Crippen LogP contribution in [0.4, 0.5) is 4.39 Å². The van der Waals surface area contributed by atoms with E-state index >= 15 is 0 Å². The molecule has 0 saturated carbocycles. The van der Waals surface area contributed by atoms with Crippen molar-refractivity contribution in [2.45, 2.75) is 0 Å². The van der Waals surface area contributed by atoms with Crippen molar-refractivity contribution in [1.82, 2.24) is 10.6 Å². The minimum atomic E-state index is -0.302. The number of halogens is 1. The molecule has 18 heavy (non-hydrogen) atoms. The number of rotatable bonds is 6. The lowest BCUT2D eigenvalue weighted by Gasteiger charge is -2.11. The Hall–Kier alpha value is -2.04. The standard InChI is InChI=1S/C13H18FN3O/c1-3-7-16-13(15-2)17-8-9-18-12-6-4-5-11(14)10-12/h3-6,10H,1,7-9H2,2H3,(H2,15,16,17). The average Bonchev–Trinajstić information content (AvgIpc) is 2.38. The first-order chi connectivity index (χ1) is 8.76. The highest BCUT2D eigenvalue weighted by Gasteiger charge is 1.97. The molecule has 0 unspecified atom stereocenters. The minimum absolute atomic E-state index is 0.302. The summed E-state index contributed by atoms with van der Waals surface area (Å²) in [7, 11) is 1.69. The smallest absolute Gasteiger partial charge is 0.191 e. The quantitative estimate of drug-likeness (QED) is 0.349. The zero-order chi connectivity index (χ0) is 13.2. The highest BCUT2D eigenvalue weighted by atomic mass is 19.1. The highest BCUT2D eigenvalue weighted by molar-refractivity contribution is 5.79. The largest absolute Gasteiger partial charge is 0.492 e. The Bertz CT molecular complexity index is 407. The lowest BCUT2D eigenvalue weighted by Crippen LogP contribution is -2.39. The van der Waals surface area contributed by atoms with E-state index in [9.17, 15) is 4.39 Å². The van der Waals surface area contributed by atoms with Gasteiger partial charge in [0.25, 0.3) is 0 Å². The molecule has 98 valence electrons. The Labute approximate surface area is 107 Å². The Morgan fingerprint density at radius 2 is 2.33 bits per heavy atom. The number of hydrogen-bond acceptors (Lipinski definition) is 2. The van der Waals surface area contributed by atoms with Crippen molar-refractivity contribution in [2.24, 2.45) is 4.99 Å². The SMILES string of the molecule is C=CCNC(=NC)NCCOc1cccc(F)c1. The summed E-state index contributed by atoms with van der Waals surface area (Å²) in [6.07, 6.45) is 1.75. The van der Waals surface area contributed by atoms with Gasteiger partial charge in [-0.2, -0.15) is 0 Å². The van der Waals surface area contributed by atoms with Gasteiger partial charge in [-0.25, -0.2) is 4.39 Å². The van der Waals surface area contributed by atoms with E-state index in [1.807, 2.05) is 0 Å². The van der Waals surface area contributed by atoms with Crippen molar-refractivity contribution in [2.75, 3.05) is 26.7 Å². The Morgan fingerprint density at radius 1 is 1.50 bits per heavy atom. The van der Waals surface area contributed by atoms with E-state index in [2.05, 4.69) is 22.2 Å². The van der Waals surface area contributed by atoms with Gasteiger partial charge in [-0.1, -0.05) is 12.1 Å². The second-order valence-corrected chi connectivity index (χ2v) is 3.47. The summed E-state index contributed by atoms with van der Waals surface area (Å²) in [6.45, 7) is 5.25. The summed E-state index contributed by atoms with van der Waals surface area (Å²) in [5.41, 5.74) is 0. The van der Waals surface area contributed by atoms with Crippen molar-refractivity contribution < 1.29 is 9.13 Å². The first-order valence-electron chi connectivity index (χ1n) is 5.70. The third-order valence-corrected chi connectivity index (χ3v) is 2.10. The molecule has 0 saturated heterocycles. The van der Waals surface area contributed by atoms with Crippen LogP contribution in [-0.4, -0.2) is 32.7 Å². The third-order valence-electron chi connectivity index (χ3n) is 2.10. The van der Waals surface area contributed by atoms with Crippen LogP contribution >= 0.6 is 0 Å². The number of guanidine groups is 1. The van der Waals surface area contributed by atoms with E-state index in [0.29, 0.717) is 31.4 Å². The van der Waals surface area contributed by atoms with Crippen molar-refractivity contribution >= 4 is 5.96 Å². The molecule has 0 aliphatic heterocycles. The maximum atomic E-state index is 12.9. The zero-order valence-electron chi connectivity index (χ0n) is 10.4. The molecular weight excluding hydrogens is 233 g/mol. The first kappa shape index (κ1) is 14.0. The molecule has 0 aliphatic rings. The lowest BCUT2D eigenvalue weighted by atomic mass is 10.3. The molecule has 0 heterocycles. The number of aliphatic imine (C=N–C) groups is 1. The van der Waals surface area contributed by atoms with Crippen LogP contribution in [0, 0.1) is 5.82 Å². The van der Waals surface area contributed by atoms with Crippen LogP contribution < -0.4 is 15.4 Å². The van der Waals surface area contributed by atoms with E-state index in [4.69, 9.17) is 4.74 Å². The Kier molecular flexibility index (Phi) is 6.32. The summed E-state index contributed by atoms with van der Waals surface area (Å²) in [5.74, 6) is 0.896. The van der Waals surface area contributed by atoms with E-state index in [1.165, 1.54) is 12.1 Å². The summed E-state index contributed by atoms with van der Waals surface area (Å²) in [4.78, 5) is 4.02. The summed E-state index contributed by atoms with van der Waals surface area (Å²) in [5, 5.41) is 6.09. The van der Waals surface area contributed by atoms with Crippen molar-refractivity contribution in [3.05, 3.63) is 42.7 Å². The predicted molar refractivity (Wildman–Crippen MR) is 71.5 cm³/mol.